The summed E-state index contributed by atoms with van der Waals surface area (Å²) < 4.78 is 10.1. The van der Waals surface area contributed by atoms with E-state index in [9.17, 15) is 4.79 Å². The van der Waals surface area contributed by atoms with Crippen LogP contribution in [0.5, 0.6) is 0 Å². The van der Waals surface area contributed by atoms with Crippen molar-refractivity contribution in [2.45, 2.75) is 6.92 Å². The summed E-state index contributed by atoms with van der Waals surface area (Å²) in [4.78, 5) is 11.2. The molecule has 0 radical (unpaired) electrons. The molecule has 0 saturated heterocycles. The largest absolute Gasteiger partial charge is 0.464 e. The van der Waals surface area contributed by atoms with Crippen LogP contribution in [0, 0.1) is 0 Å². The molecular weight excluding hydrogens is 204 g/mol. The topological polar surface area (TPSA) is 39.4 Å². The van der Waals surface area contributed by atoms with Crippen molar-refractivity contribution < 1.29 is 13.9 Å². The third-order valence-corrected chi connectivity index (χ3v) is 2.20. The first kappa shape index (κ1) is 10.5. The summed E-state index contributed by atoms with van der Waals surface area (Å²) >= 11 is 0. The predicted molar refractivity (Wildman–Crippen MR) is 61.9 cm³/mol. The third kappa shape index (κ3) is 2.14. The van der Waals surface area contributed by atoms with E-state index in [1.54, 1.807) is 19.3 Å². The SMILES string of the molecule is CCOC(=O)/C=C/c1cccc2ccoc12. The molecule has 0 aliphatic carbocycles. The first-order valence-corrected chi connectivity index (χ1v) is 5.12. The van der Waals surface area contributed by atoms with Crippen LogP contribution in [-0.2, 0) is 9.53 Å². The Balaban J connectivity index is 2.27. The molecule has 0 N–H and O–H groups in total. The first-order valence-electron chi connectivity index (χ1n) is 5.12. The lowest BCUT2D eigenvalue weighted by molar-refractivity contribution is -0.137. The maximum atomic E-state index is 11.2. The van der Waals surface area contributed by atoms with Gasteiger partial charge in [-0.15, -0.1) is 0 Å². The summed E-state index contributed by atoms with van der Waals surface area (Å²) in [5, 5.41) is 1.02. The lowest BCUT2D eigenvalue weighted by Gasteiger charge is -1.96. The summed E-state index contributed by atoms with van der Waals surface area (Å²) in [5.74, 6) is -0.342. The van der Waals surface area contributed by atoms with Crippen molar-refractivity contribution in [1.29, 1.82) is 0 Å². The number of hydrogen-bond donors (Lipinski definition) is 0. The second kappa shape index (κ2) is 4.66. The molecule has 1 aromatic carbocycles. The number of rotatable bonds is 3. The summed E-state index contributed by atoms with van der Waals surface area (Å²) in [5.41, 5.74) is 1.65. The van der Waals surface area contributed by atoms with Crippen LogP contribution < -0.4 is 0 Å². The molecule has 0 aliphatic heterocycles. The van der Waals surface area contributed by atoms with Crippen LogP contribution in [0.1, 0.15) is 12.5 Å². The average molecular weight is 216 g/mol. The van der Waals surface area contributed by atoms with Crippen LogP contribution in [0.25, 0.3) is 17.0 Å². The Labute approximate surface area is 93.3 Å². The van der Waals surface area contributed by atoms with Gasteiger partial charge in [-0.05, 0) is 19.1 Å². The van der Waals surface area contributed by atoms with Crippen LogP contribution in [0.2, 0.25) is 0 Å². The van der Waals surface area contributed by atoms with Crippen molar-refractivity contribution in [2.75, 3.05) is 6.61 Å². The predicted octanol–water partition coefficient (Wildman–Crippen LogP) is 3.01. The van der Waals surface area contributed by atoms with E-state index in [0.717, 1.165) is 16.5 Å². The molecule has 0 saturated carbocycles. The molecule has 0 aliphatic rings. The zero-order valence-corrected chi connectivity index (χ0v) is 8.97. The van der Waals surface area contributed by atoms with E-state index in [-0.39, 0.29) is 5.97 Å². The minimum atomic E-state index is -0.342. The highest BCUT2D eigenvalue weighted by atomic mass is 16.5. The van der Waals surface area contributed by atoms with E-state index in [1.807, 2.05) is 24.3 Å². The van der Waals surface area contributed by atoms with Gasteiger partial charge in [0.2, 0.25) is 0 Å². The van der Waals surface area contributed by atoms with E-state index >= 15 is 0 Å². The molecule has 0 unspecified atom stereocenters. The number of furan rings is 1. The normalized spacial score (nSPS) is 11.1. The fourth-order valence-corrected chi connectivity index (χ4v) is 1.50. The fraction of sp³-hybridized carbons (Fsp3) is 0.154. The van der Waals surface area contributed by atoms with E-state index in [2.05, 4.69) is 0 Å². The summed E-state index contributed by atoms with van der Waals surface area (Å²) in [6.07, 6.45) is 4.73. The molecule has 3 heteroatoms. The second-order valence-electron chi connectivity index (χ2n) is 3.27. The van der Waals surface area contributed by atoms with Gasteiger partial charge in [-0.3, -0.25) is 0 Å². The minimum absolute atomic E-state index is 0.342. The Hall–Kier alpha value is -2.03. The minimum Gasteiger partial charge on any atom is -0.464 e. The molecule has 3 nitrogen and oxygen atoms in total. The molecule has 1 aromatic heterocycles. The van der Waals surface area contributed by atoms with Crippen LogP contribution in [0.3, 0.4) is 0 Å². The Kier molecular flexibility index (Phi) is 3.05. The molecule has 0 amide bonds. The summed E-state index contributed by atoms with van der Waals surface area (Å²) in [6, 6.07) is 7.65. The zero-order valence-electron chi connectivity index (χ0n) is 8.97. The Morgan fingerprint density at radius 3 is 3.12 bits per heavy atom. The maximum absolute atomic E-state index is 11.2. The van der Waals surface area contributed by atoms with Crippen molar-refractivity contribution in [2.24, 2.45) is 0 Å². The molecule has 0 spiro atoms. The molecule has 1 heterocycles. The fourth-order valence-electron chi connectivity index (χ4n) is 1.50. The van der Waals surface area contributed by atoms with Crippen molar-refractivity contribution in [1.82, 2.24) is 0 Å². The lowest BCUT2D eigenvalue weighted by atomic mass is 10.1. The van der Waals surface area contributed by atoms with Gasteiger partial charge in [-0.25, -0.2) is 4.79 Å². The van der Waals surface area contributed by atoms with Crippen molar-refractivity contribution in [3.8, 4) is 0 Å². The Morgan fingerprint density at radius 1 is 1.44 bits per heavy atom. The molecule has 0 atom stereocenters. The molecule has 0 fully saturated rings. The second-order valence-corrected chi connectivity index (χ2v) is 3.27. The number of carbonyl (C=O) groups excluding carboxylic acids is 1. The van der Waals surface area contributed by atoms with Gasteiger partial charge in [-0.2, -0.15) is 0 Å². The smallest absolute Gasteiger partial charge is 0.330 e. The van der Waals surface area contributed by atoms with Gasteiger partial charge in [0.25, 0.3) is 0 Å². The number of esters is 1. The Morgan fingerprint density at radius 2 is 2.31 bits per heavy atom. The van der Waals surface area contributed by atoms with Gasteiger partial charge in [0.05, 0.1) is 12.9 Å². The molecule has 82 valence electrons. The van der Waals surface area contributed by atoms with Crippen molar-refractivity contribution in [3.63, 3.8) is 0 Å². The summed E-state index contributed by atoms with van der Waals surface area (Å²) in [7, 11) is 0. The van der Waals surface area contributed by atoms with E-state index in [1.165, 1.54) is 6.08 Å². The Bertz CT molecular complexity index is 523. The lowest BCUT2D eigenvalue weighted by Crippen LogP contribution is -1.98. The van der Waals surface area contributed by atoms with Gasteiger partial charge < -0.3 is 9.15 Å². The quantitative estimate of drug-likeness (QED) is 0.584. The average Bonchev–Trinajstić information content (AvgIpc) is 2.75. The van der Waals surface area contributed by atoms with Crippen molar-refractivity contribution in [3.05, 3.63) is 42.2 Å². The summed E-state index contributed by atoms with van der Waals surface area (Å²) in [6.45, 7) is 2.16. The first-order chi connectivity index (χ1) is 7.81. The van der Waals surface area contributed by atoms with Gasteiger partial charge in [0.1, 0.15) is 5.58 Å². The molecule has 2 aromatic rings. The van der Waals surface area contributed by atoms with E-state index in [0.29, 0.717) is 6.61 Å². The highest BCUT2D eigenvalue weighted by Gasteiger charge is 2.01. The number of hydrogen-bond acceptors (Lipinski definition) is 3. The van der Waals surface area contributed by atoms with Crippen LogP contribution >= 0.6 is 0 Å². The number of carbonyl (C=O) groups is 1. The van der Waals surface area contributed by atoms with Crippen LogP contribution in [-0.4, -0.2) is 12.6 Å². The number of benzene rings is 1. The molecule has 2 rings (SSSR count). The van der Waals surface area contributed by atoms with Crippen LogP contribution in [0.15, 0.2) is 41.0 Å². The maximum Gasteiger partial charge on any atom is 0.330 e. The molecule has 0 bridgehead atoms. The highest BCUT2D eigenvalue weighted by molar-refractivity contribution is 5.92. The van der Waals surface area contributed by atoms with Gasteiger partial charge in [-0.1, -0.05) is 18.2 Å². The highest BCUT2D eigenvalue weighted by Crippen LogP contribution is 2.20. The zero-order chi connectivity index (χ0) is 11.4. The molecule has 16 heavy (non-hydrogen) atoms. The standard InChI is InChI=1S/C13H12O3/c1-2-15-12(14)7-6-10-4-3-5-11-8-9-16-13(10)11/h3-9H,2H2,1H3/b7-6+. The van der Waals surface area contributed by atoms with Crippen LogP contribution in [0.4, 0.5) is 0 Å². The van der Waals surface area contributed by atoms with Gasteiger partial charge in [0.15, 0.2) is 0 Å². The number of fused-ring (bicyclic) bond motifs is 1. The molecular formula is C13H12O3. The van der Waals surface area contributed by atoms with E-state index in [4.69, 9.17) is 9.15 Å². The van der Waals surface area contributed by atoms with Crippen molar-refractivity contribution >= 4 is 23.0 Å². The monoisotopic (exact) mass is 216 g/mol. The van der Waals surface area contributed by atoms with Gasteiger partial charge >= 0.3 is 5.97 Å². The van der Waals surface area contributed by atoms with Gasteiger partial charge in [0, 0.05) is 17.0 Å². The van der Waals surface area contributed by atoms with E-state index < -0.39 is 0 Å². The number of para-hydroxylation sites is 1. The number of ether oxygens (including phenoxy) is 1. The third-order valence-electron chi connectivity index (χ3n) is 2.20.